The summed E-state index contributed by atoms with van der Waals surface area (Å²) < 4.78 is 13.5. The van der Waals surface area contributed by atoms with Crippen molar-refractivity contribution in [1.82, 2.24) is 4.90 Å². The van der Waals surface area contributed by atoms with Crippen LogP contribution in [0.4, 0.5) is 14.9 Å². The van der Waals surface area contributed by atoms with Gasteiger partial charge in [0.2, 0.25) is 0 Å². The number of hydrogen-bond acceptors (Lipinski definition) is 2. The van der Waals surface area contributed by atoms with Crippen molar-refractivity contribution in [3.05, 3.63) is 30.1 Å². The molecule has 0 radical (unpaired) electrons. The van der Waals surface area contributed by atoms with Gasteiger partial charge in [0, 0.05) is 6.54 Å². The average molecular weight is 266 g/mol. The Balaban J connectivity index is 2.14. The third kappa shape index (κ3) is 2.56. The van der Waals surface area contributed by atoms with Gasteiger partial charge in [-0.1, -0.05) is 19.1 Å². The summed E-state index contributed by atoms with van der Waals surface area (Å²) in [4.78, 5) is 13.9. The van der Waals surface area contributed by atoms with Crippen molar-refractivity contribution < 1.29 is 14.3 Å². The number of benzene rings is 1. The van der Waals surface area contributed by atoms with Gasteiger partial charge in [0.05, 0.1) is 17.8 Å². The number of aliphatic hydroxyl groups excluding tert-OH is 1. The number of nitrogens with one attached hydrogen (secondary N) is 1. The minimum absolute atomic E-state index is 0.0613. The standard InChI is InChI=1S/C14H19FN2O2/c1-2-14(10-18)8-5-9-17(14)13(19)16-12-7-4-3-6-11(12)15/h3-4,6-7,18H,2,5,8-10H2,1H3,(H,16,19). The highest BCUT2D eigenvalue weighted by atomic mass is 19.1. The second kappa shape index (κ2) is 5.57. The van der Waals surface area contributed by atoms with Crippen LogP contribution in [0.3, 0.4) is 0 Å². The van der Waals surface area contributed by atoms with Crippen LogP contribution < -0.4 is 5.32 Å². The summed E-state index contributed by atoms with van der Waals surface area (Å²) in [6.07, 6.45) is 2.33. The van der Waals surface area contributed by atoms with Crippen LogP contribution in [-0.4, -0.2) is 34.7 Å². The number of carbonyl (C=O) groups excluding carboxylic acids is 1. The molecule has 0 aromatic heterocycles. The number of carbonyl (C=O) groups is 1. The van der Waals surface area contributed by atoms with Crippen molar-refractivity contribution in [2.45, 2.75) is 31.7 Å². The molecule has 4 nitrogen and oxygen atoms in total. The Morgan fingerprint density at radius 2 is 2.26 bits per heavy atom. The number of likely N-dealkylation sites (tertiary alicyclic amines) is 1. The molecule has 5 heteroatoms. The molecule has 1 atom stereocenters. The van der Waals surface area contributed by atoms with E-state index in [0.717, 1.165) is 12.8 Å². The predicted molar refractivity (Wildman–Crippen MR) is 71.5 cm³/mol. The number of nitrogens with zero attached hydrogens (tertiary/aromatic N) is 1. The Kier molecular flexibility index (Phi) is 4.04. The van der Waals surface area contributed by atoms with Gasteiger partial charge in [-0.15, -0.1) is 0 Å². The van der Waals surface area contributed by atoms with Crippen LogP contribution in [0, 0.1) is 5.82 Å². The van der Waals surface area contributed by atoms with E-state index in [1.807, 2.05) is 6.92 Å². The van der Waals surface area contributed by atoms with Gasteiger partial charge in [-0.3, -0.25) is 0 Å². The number of rotatable bonds is 3. The van der Waals surface area contributed by atoms with Gasteiger partial charge in [0.1, 0.15) is 5.82 Å². The van der Waals surface area contributed by atoms with Crippen molar-refractivity contribution in [1.29, 1.82) is 0 Å². The van der Waals surface area contributed by atoms with E-state index in [-0.39, 0.29) is 18.3 Å². The first-order valence-electron chi connectivity index (χ1n) is 6.57. The maximum atomic E-state index is 13.5. The maximum absolute atomic E-state index is 13.5. The van der Waals surface area contributed by atoms with Gasteiger partial charge in [0.15, 0.2) is 0 Å². The molecule has 0 bridgehead atoms. The second-order valence-electron chi connectivity index (χ2n) is 4.90. The highest BCUT2D eigenvalue weighted by Crippen LogP contribution is 2.32. The molecule has 0 aliphatic carbocycles. The molecule has 2 rings (SSSR count). The highest BCUT2D eigenvalue weighted by Gasteiger charge is 2.41. The fourth-order valence-corrected chi connectivity index (χ4v) is 2.64. The van der Waals surface area contributed by atoms with E-state index in [4.69, 9.17) is 0 Å². The van der Waals surface area contributed by atoms with Gasteiger partial charge >= 0.3 is 6.03 Å². The Bertz CT molecular complexity index is 461. The van der Waals surface area contributed by atoms with Crippen LogP contribution in [0.5, 0.6) is 0 Å². The van der Waals surface area contributed by atoms with Gasteiger partial charge in [0.25, 0.3) is 0 Å². The highest BCUT2D eigenvalue weighted by molar-refractivity contribution is 5.90. The molecule has 1 unspecified atom stereocenters. The topological polar surface area (TPSA) is 52.6 Å². The summed E-state index contributed by atoms with van der Waals surface area (Å²) in [5.41, 5.74) is -0.336. The molecule has 1 heterocycles. The summed E-state index contributed by atoms with van der Waals surface area (Å²) in [7, 11) is 0. The minimum Gasteiger partial charge on any atom is -0.394 e. The first-order chi connectivity index (χ1) is 9.13. The third-order valence-corrected chi connectivity index (χ3v) is 3.91. The van der Waals surface area contributed by atoms with Crippen molar-refractivity contribution in [2.75, 3.05) is 18.5 Å². The lowest BCUT2D eigenvalue weighted by Crippen LogP contribution is -2.51. The average Bonchev–Trinajstić information content (AvgIpc) is 2.86. The molecule has 2 amide bonds. The molecule has 1 aliphatic rings. The molecule has 1 aromatic rings. The van der Waals surface area contributed by atoms with Crippen LogP contribution >= 0.6 is 0 Å². The lowest BCUT2D eigenvalue weighted by molar-refractivity contribution is 0.0867. The quantitative estimate of drug-likeness (QED) is 0.883. The van der Waals surface area contributed by atoms with Crippen molar-refractivity contribution in [3.8, 4) is 0 Å². The normalized spacial score (nSPS) is 22.6. The zero-order valence-electron chi connectivity index (χ0n) is 11.0. The van der Waals surface area contributed by atoms with Crippen LogP contribution in [0.15, 0.2) is 24.3 Å². The van der Waals surface area contributed by atoms with E-state index < -0.39 is 11.4 Å². The van der Waals surface area contributed by atoms with Crippen LogP contribution in [-0.2, 0) is 0 Å². The largest absolute Gasteiger partial charge is 0.394 e. The lowest BCUT2D eigenvalue weighted by atomic mass is 9.94. The van der Waals surface area contributed by atoms with Crippen molar-refractivity contribution in [2.24, 2.45) is 0 Å². The third-order valence-electron chi connectivity index (χ3n) is 3.91. The summed E-state index contributed by atoms with van der Waals surface area (Å²) >= 11 is 0. The van der Waals surface area contributed by atoms with E-state index in [1.165, 1.54) is 12.1 Å². The van der Waals surface area contributed by atoms with E-state index in [9.17, 15) is 14.3 Å². The summed E-state index contributed by atoms with van der Waals surface area (Å²) in [5, 5.41) is 12.1. The SMILES string of the molecule is CCC1(CO)CCCN1C(=O)Nc1ccccc1F. The van der Waals surface area contributed by atoms with Crippen molar-refractivity contribution >= 4 is 11.7 Å². The summed E-state index contributed by atoms with van der Waals surface area (Å²) in [6, 6.07) is 5.72. The molecular weight excluding hydrogens is 247 g/mol. The fraction of sp³-hybridized carbons (Fsp3) is 0.500. The molecule has 1 fully saturated rings. The van der Waals surface area contributed by atoms with Gasteiger partial charge in [-0.05, 0) is 31.4 Å². The van der Waals surface area contributed by atoms with Gasteiger partial charge in [-0.25, -0.2) is 9.18 Å². The van der Waals surface area contributed by atoms with E-state index >= 15 is 0 Å². The summed E-state index contributed by atoms with van der Waals surface area (Å²) in [5.74, 6) is -0.457. The minimum atomic E-state index is -0.505. The molecule has 1 saturated heterocycles. The van der Waals surface area contributed by atoms with E-state index in [0.29, 0.717) is 13.0 Å². The van der Waals surface area contributed by atoms with Crippen LogP contribution in [0.2, 0.25) is 0 Å². The van der Waals surface area contributed by atoms with E-state index in [1.54, 1.807) is 17.0 Å². The van der Waals surface area contributed by atoms with Crippen LogP contribution in [0.25, 0.3) is 0 Å². The van der Waals surface area contributed by atoms with Gasteiger partial charge < -0.3 is 15.3 Å². The zero-order chi connectivity index (χ0) is 13.9. The first-order valence-corrected chi connectivity index (χ1v) is 6.57. The molecule has 1 aliphatic heterocycles. The number of anilines is 1. The monoisotopic (exact) mass is 266 g/mol. The Morgan fingerprint density at radius 3 is 2.89 bits per heavy atom. The summed E-state index contributed by atoms with van der Waals surface area (Å²) in [6.45, 7) is 2.48. The fourth-order valence-electron chi connectivity index (χ4n) is 2.64. The molecule has 104 valence electrons. The van der Waals surface area contributed by atoms with Crippen molar-refractivity contribution in [3.63, 3.8) is 0 Å². The first kappa shape index (κ1) is 13.8. The molecule has 19 heavy (non-hydrogen) atoms. The van der Waals surface area contributed by atoms with Gasteiger partial charge in [-0.2, -0.15) is 0 Å². The number of hydrogen-bond donors (Lipinski definition) is 2. The Hall–Kier alpha value is -1.62. The maximum Gasteiger partial charge on any atom is 0.322 e. The molecule has 2 N–H and O–H groups in total. The second-order valence-corrected chi connectivity index (χ2v) is 4.90. The number of aliphatic hydroxyl groups is 1. The van der Waals surface area contributed by atoms with Crippen LogP contribution in [0.1, 0.15) is 26.2 Å². The zero-order valence-corrected chi connectivity index (χ0v) is 11.0. The molecular formula is C14H19FN2O2. The number of amides is 2. The Labute approximate surface area is 112 Å². The lowest BCUT2D eigenvalue weighted by Gasteiger charge is -2.36. The smallest absolute Gasteiger partial charge is 0.322 e. The number of halogens is 1. The number of para-hydroxylation sites is 1. The molecule has 1 aromatic carbocycles. The molecule has 0 spiro atoms. The number of urea groups is 1. The molecule has 0 saturated carbocycles. The predicted octanol–water partition coefficient (Wildman–Crippen LogP) is 2.59. The van der Waals surface area contributed by atoms with E-state index in [2.05, 4.69) is 5.32 Å². The Morgan fingerprint density at radius 1 is 1.53 bits per heavy atom.